The zero-order valence-corrected chi connectivity index (χ0v) is 14.1. The predicted molar refractivity (Wildman–Crippen MR) is 92.1 cm³/mol. The first-order chi connectivity index (χ1) is 12.8. The van der Waals surface area contributed by atoms with Crippen molar-refractivity contribution in [3.05, 3.63) is 60.2 Å². The van der Waals surface area contributed by atoms with Gasteiger partial charge in [0.1, 0.15) is 11.7 Å². The Balaban J connectivity index is 1.85. The lowest BCUT2D eigenvalue weighted by Gasteiger charge is -2.30. The van der Waals surface area contributed by atoms with Crippen molar-refractivity contribution in [3.63, 3.8) is 0 Å². The molecule has 1 aliphatic heterocycles. The Kier molecular flexibility index (Phi) is 5.34. The number of carbonyl (C=O) groups excluding carboxylic acids is 2. The minimum Gasteiger partial charge on any atom is -0.406 e. The van der Waals surface area contributed by atoms with E-state index in [9.17, 15) is 22.8 Å². The molecule has 27 heavy (non-hydrogen) atoms. The normalized spacial score (nSPS) is 19.9. The molecule has 1 fully saturated rings. The van der Waals surface area contributed by atoms with Crippen LogP contribution in [0.25, 0.3) is 0 Å². The highest BCUT2D eigenvalue weighted by Gasteiger charge is 2.39. The third kappa shape index (κ3) is 4.78. The second-order valence-electron chi connectivity index (χ2n) is 6.14. The van der Waals surface area contributed by atoms with Crippen LogP contribution in [0.2, 0.25) is 0 Å². The molecule has 1 saturated heterocycles. The summed E-state index contributed by atoms with van der Waals surface area (Å²) in [7, 11) is 0. The maximum atomic E-state index is 12.7. The van der Waals surface area contributed by atoms with Crippen LogP contribution in [0.1, 0.15) is 17.9 Å². The number of para-hydroxylation sites is 1. The number of piperidine rings is 1. The summed E-state index contributed by atoms with van der Waals surface area (Å²) in [6.07, 6.45) is -4.39. The van der Waals surface area contributed by atoms with Gasteiger partial charge >= 0.3 is 6.36 Å². The molecule has 2 aromatic carbocycles. The van der Waals surface area contributed by atoms with Crippen molar-refractivity contribution in [3.8, 4) is 5.75 Å². The summed E-state index contributed by atoms with van der Waals surface area (Å²) in [4.78, 5) is 25.0. The van der Waals surface area contributed by atoms with Crippen LogP contribution >= 0.6 is 0 Å². The van der Waals surface area contributed by atoms with Gasteiger partial charge in [0, 0.05) is 18.2 Å². The van der Waals surface area contributed by atoms with Crippen LogP contribution in [0.5, 0.6) is 5.75 Å². The topological polar surface area (TPSA) is 67.4 Å². The lowest BCUT2D eigenvalue weighted by molar-refractivity contribution is -0.274. The van der Waals surface area contributed by atoms with E-state index < -0.39 is 30.0 Å². The van der Waals surface area contributed by atoms with Gasteiger partial charge in [-0.1, -0.05) is 30.3 Å². The zero-order chi connectivity index (χ0) is 19.4. The minimum absolute atomic E-state index is 0.336. The third-order valence-electron chi connectivity index (χ3n) is 4.28. The average molecular weight is 378 g/mol. The number of ether oxygens (including phenoxy) is 1. The quantitative estimate of drug-likeness (QED) is 0.801. The molecule has 1 aliphatic rings. The fraction of sp³-hybridized carbons (Fsp3) is 0.263. The minimum atomic E-state index is -4.81. The van der Waals surface area contributed by atoms with E-state index in [0.717, 1.165) is 0 Å². The largest absolute Gasteiger partial charge is 0.573 e. The number of amides is 2. The number of benzene rings is 2. The molecular formula is C19H17F3N2O3. The standard InChI is InChI=1S/C19H17F3N2O3/c20-19(21,22)27-14-8-4-5-12(11-14)15-9-10-23-17(25)16(15)18(26)24-13-6-2-1-3-7-13/h1-8,11,15-16H,9-10H2,(H,23,25)(H,24,26). The van der Waals surface area contributed by atoms with Gasteiger partial charge in [0.2, 0.25) is 11.8 Å². The molecule has 8 heteroatoms. The van der Waals surface area contributed by atoms with Crippen LogP contribution in [0, 0.1) is 5.92 Å². The van der Waals surface area contributed by atoms with Crippen LogP contribution in [0.15, 0.2) is 54.6 Å². The van der Waals surface area contributed by atoms with Gasteiger partial charge in [0.15, 0.2) is 0 Å². The van der Waals surface area contributed by atoms with Crippen LogP contribution in [0.4, 0.5) is 18.9 Å². The second-order valence-corrected chi connectivity index (χ2v) is 6.14. The van der Waals surface area contributed by atoms with Crippen LogP contribution in [0.3, 0.4) is 0 Å². The Labute approximate surface area is 153 Å². The van der Waals surface area contributed by atoms with Gasteiger partial charge in [0.05, 0.1) is 0 Å². The molecule has 2 atom stereocenters. The number of carbonyl (C=O) groups is 2. The number of anilines is 1. The Morgan fingerprint density at radius 1 is 1.11 bits per heavy atom. The molecule has 2 aromatic rings. The van der Waals surface area contributed by atoms with Gasteiger partial charge in [0.25, 0.3) is 0 Å². The van der Waals surface area contributed by atoms with Gasteiger partial charge in [-0.15, -0.1) is 13.2 Å². The molecule has 0 radical (unpaired) electrons. The number of hydrogen-bond donors (Lipinski definition) is 2. The molecule has 2 amide bonds. The zero-order valence-electron chi connectivity index (χ0n) is 14.1. The van der Waals surface area contributed by atoms with Gasteiger partial charge in [-0.05, 0) is 36.2 Å². The Morgan fingerprint density at radius 3 is 2.56 bits per heavy atom. The highest BCUT2D eigenvalue weighted by Crippen LogP contribution is 2.34. The fourth-order valence-corrected chi connectivity index (χ4v) is 3.15. The van der Waals surface area contributed by atoms with E-state index in [-0.39, 0.29) is 5.75 Å². The van der Waals surface area contributed by atoms with E-state index in [0.29, 0.717) is 24.2 Å². The van der Waals surface area contributed by atoms with Crippen molar-refractivity contribution >= 4 is 17.5 Å². The van der Waals surface area contributed by atoms with Crippen molar-refractivity contribution in [2.24, 2.45) is 5.92 Å². The summed E-state index contributed by atoms with van der Waals surface area (Å²) in [6.45, 7) is 0.336. The maximum Gasteiger partial charge on any atom is 0.573 e. The maximum absolute atomic E-state index is 12.7. The Bertz CT molecular complexity index is 824. The number of alkyl halides is 3. The first-order valence-corrected chi connectivity index (χ1v) is 8.33. The highest BCUT2D eigenvalue weighted by molar-refractivity contribution is 6.07. The number of rotatable bonds is 4. The molecule has 2 N–H and O–H groups in total. The summed E-state index contributed by atoms with van der Waals surface area (Å²) >= 11 is 0. The molecule has 0 bridgehead atoms. The molecular weight excluding hydrogens is 361 g/mol. The van der Waals surface area contributed by atoms with E-state index in [1.54, 1.807) is 36.4 Å². The molecule has 3 rings (SSSR count). The lowest BCUT2D eigenvalue weighted by atomic mass is 9.80. The van der Waals surface area contributed by atoms with Crippen molar-refractivity contribution in [2.45, 2.75) is 18.7 Å². The first kappa shape index (κ1) is 18.8. The molecule has 2 unspecified atom stereocenters. The monoisotopic (exact) mass is 378 g/mol. The first-order valence-electron chi connectivity index (χ1n) is 8.33. The molecule has 0 spiro atoms. The van der Waals surface area contributed by atoms with Crippen molar-refractivity contribution < 1.29 is 27.5 Å². The SMILES string of the molecule is O=C1NCCC(c2cccc(OC(F)(F)F)c2)C1C(=O)Nc1ccccc1. The smallest absolute Gasteiger partial charge is 0.406 e. The predicted octanol–water partition coefficient (Wildman–Crippen LogP) is 3.44. The van der Waals surface area contributed by atoms with Crippen molar-refractivity contribution in [1.82, 2.24) is 5.32 Å². The second kappa shape index (κ2) is 7.69. The molecule has 5 nitrogen and oxygen atoms in total. The van der Waals surface area contributed by atoms with Crippen LogP contribution in [-0.2, 0) is 9.59 Å². The highest BCUT2D eigenvalue weighted by atomic mass is 19.4. The van der Waals surface area contributed by atoms with Crippen molar-refractivity contribution in [2.75, 3.05) is 11.9 Å². The van der Waals surface area contributed by atoms with Crippen LogP contribution < -0.4 is 15.4 Å². The lowest BCUT2D eigenvalue weighted by Crippen LogP contribution is -2.46. The number of halogens is 3. The van der Waals surface area contributed by atoms with E-state index in [2.05, 4.69) is 15.4 Å². The van der Waals surface area contributed by atoms with Gasteiger partial charge in [-0.25, -0.2) is 0 Å². The van der Waals surface area contributed by atoms with E-state index in [1.165, 1.54) is 18.2 Å². The van der Waals surface area contributed by atoms with Gasteiger partial charge in [-0.2, -0.15) is 0 Å². The summed E-state index contributed by atoms with van der Waals surface area (Å²) in [5, 5.41) is 5.32. The summed E-state index contributed by atoms with van der Waals surface area (Å²) in [5.74, 6) is -2.96. The third-order valence-corrected chi connectivity index (χ3v) is 4.28. The molecule has 1 heterocycles. The van der Waals surface area contributed by atoms with E-state index in [1.807, 2.05) is 0 Å². The average Bonchev–Trinajstić information content (AvgIpc) is 2.61. The summed E-state index contributed by atoms with van der Waals surface area (Å²) in [6, 6.07) is 14.1. The molecule has 142 valence electrons. The fourth-order valence-electron chi connectivity index (χ4n) is 3.15. The molecule has 0 saturated carbocycles. The summed E-state index contributed by atoms with van der Waals surface area (Å²) < 4.78 is 41.4. The van der Waals surface area contributed by atoms with Crippen LogP contribution in [-0.4, -0.2) is 24.7 Å². The molecule has 0 aliphatic carbocycles. The van der Waals surface area contributed by atoms with Gasteiger partial charge in [-0.3, -0.25) is 9.59 Å². The number of hydrogen-bond acceptors (Lipinski definition) is 3. The van der Waals surface area contributed by atoms with E-state index >= 15 is 0 Å². The summed E-state index contributed by atoms with van der Waals surface area (Å²) in [5.41, 5.74) is 0.980. The van der Waals surface area contributed by atoms with Gasteiger partial charge < -0.3 is 15.4 Å². The Hall–Kier alpha value is -3.03. The van der Waals surface area contributed by atoms with E-state index in [4.69, 9.17) is 0 Å². The number of nitrogens with one attached hydrogen (secondary N) is 2. The van der Waals surface area contributed by atoms with Crippen molar-refractivity contribution in [1.29, 1.82) is 0 Å². The molecule has 0 aromatic heterocycles. The Morgan fingerprint density at radius 2 is 1.85 bits per heavy atom.